The SMILES string of the molecule is C[C](CC(C)O)CC(C)O. The van der Waals surface area contributed by atoms with Gasteiger partial charge in [0.25, 0.3) is 0 Å². The van der Waals surface area contributed by atoms with E-state index in [4.69, 9.17) is 10.2 Å². The minimum absolute atomic E-state index is 0.279. The van der Waals surface area contributed by atoms with E-state index in [1.807, 2.05) is 6.92 Å². The predicted octanol–water partition coefficient (Wildman–Crippen LogP) is 1.12. The zero-order chi connectivity index (χ0) is 8.15. The Bertz CT molecular complexity index is 69.3. The first-order chi connectivity index (χ1) is 4.52. The highest BCUT2D eigenvalue weighted by Crippen LogP contribution is 2.14. The van der Waals surface area contributed by atoms with E-state index in [1.54, 1.807) is 13.8 Å². The molecular formula is C8H17O2. The molecule has 0 aliphatic heterocycles. The summed E-state index contributed by atoms with van der Waals surface area (Å²) in [6.07, 6.45) is 0.841. The highest BCUT2D eigenvalue weighted by Gasteiger charge is 2.08. The minimum atomic E-state index is -0.279. The molecule has 0 heterocycles. The van der Waals surface area contributed by atoms with Gasteiger partial charge in [0.1, 0.15) is 0 Å². The monoisotopic (exact) mass is 145 g/mol. The third-order valence-corrected chi connectivity index (χ3v) is 1.29. The predicted molar refractivity (Wildman–Crippen MR) is 41.5 cm³/mol. The van der Waals surface area contributed by atoms with Crippen molar-refractivity contribution in [3.8, 4) is 0 Å². The first-order valence-corrected chi connectivity index (χ1v) is 3.69. The second-order valence-corrected chi connectivity index (χ2v) is 3.06. The van der Waals surface area contributed by atoms with Crippen molar-refractivity contribution in [2.24, 2.45) is 0 Å². The Morgan fingerprint density at radius 2 is 1.40 bits per heavy atom. The Labute approximate surface area is 62.9 Å². The van der Waals surface area contributed by atoms with Crippen LogP contribution in [0, 0.1) is 5.92 Å². The van der Waals surface area contributed by atoms with Gasteiger partial charge in [-0.1, -0.05) is 6.92 Å². The van der Waals surface area contributed by atoms with Crippen molar-refractivity contribution in [1.82, 2.24) is 0 Å². The van der Waals surface area contributed by atoms with Gasteiger partial charge in [0, 0.05) is 0 Å². The van der Waals surface area contributed by atoms with Crippen molar-refractivity contribution < 1.29 is 10.2 Å². The molecule has 2 N–H and O–H groups in total. The molecule has 0 spiro atoms. The van der Waals surface area contributed by atoms with Crippen LogP contribution in [0.25, 0.3) is 0 Å². The highest BCUT2D eigenvalue weighted by molar-refractivity contribution is 4.87. The zero-order valence-electron chi connectivity index (χ0n) is 6.96. The van der Waals surface area contributed by atoms with Crippen molar-refractivity contribution in [2.45, 2.75) is 45.8 Å². The van der Waals surface area contributed by atoms with Crippen molar-refractivity contribution in [1.29, 1.82) is 0 Å². The molecule has 0 amide bonds. The van der Waals surface area contributed by atoms with Gasteiger partial charge in [-0.2, -0.15) is 0 Å². The van der Waals surface area contributed by atoms with Crippen LogP contribution in [-0.2, 0) is 0 Å². The fourth-order valence-corrected chi connectivity index (χ4v) is 1.09. The minimum Gasteiger partial charge on any atom is -0.393 e. The summed E-state index contributed by atoms with van der Waals surface area (Å²) in [4.78, 5) is 0. The third-order valence-electron chi connectivity index (χ3n) is 1.29. The van der Waals surface area contributed by atoms with Gasteiger partial charge in [-0.25, -0.2) is 0 Å². The van der Waals surface area contributed by atoms with E-state index in [0.717, 1.165) is 5.92 Å². The second-order valence-electron chi connectivity index (χ2n) is 3.06. The standard InChI is InChI=1S/C8H17O2/c1-6(4-7(2)9)5-8(3)10/h7-10H,4-5H2,1-3H3. The fourth-order valence-electron chi connectivity index (χ4n) is 1.09. The number of hydrogen-bond donors (Lipinski definition) is 2. The average Bonchev–Trinajstić information content (AvgIpc) is 1.58. The van der Waals surface area contributed by atoms with E-state index in [-0.39, 0.29) is 12.2 Å². The lowest BCUT2D eigenvalue weighted by molar-refractivity contribution is 0.164. The molecule has 1 radical (unpaired) electrons. The molecule has 2 atom stereocenters. The van der Waals surface area contributed by atoms with Crippen LogP contribution in [0.3, 0.4) is 0 Å². The molecule has 0 aromatic rings. The molecule has 0 fully saturated rings. The van der Waals surface area contributed by atoms with Gasteiger partial charge in [0.15, 0.2) is 0 Å². The molecule has 10 heavy (non-hydrogen) atoms. The van der Waals surface area contributed by atoms with Gasteiger partial charge in [0.05, 0.1) is 12.2 Å². The average molecular weight is 145 g/mol. The summed E-state index contributed by atoms with van der Waals surface area (Å²) in [5.41, 5.74) is 0. The maximum atomic E-state index is 8.93. The quantitative estimate of drug-likeness (QED) is 0.622. The van der Waals surface area contributed by atoms with E-state index < -0.39 is 0 Å². The first kappa shape index (κ1) is 9.92. The molecule has 0 aromatic carbocycles. The number of hydrogen-bond acceptors (Lipinski definition) is 2. The number of aliphatic hydroxyl groups is 2. The molecule has 0 aliphatic rings. The van der Waals surface area contributed by atoms with E-state index in [9.17, 15) is 0 Å². The summed E-state index contributed by atoms with van der Waals surface area (Å²) in [5, 5.41) is 17.9. The van der Waals surface area contributed by atoms with Gasteiger partial charge < -0.3 is 10.2 Å². The fraction of sp³-hybridized carbons (Fsp3) is 0.875. The Kier molecular flexibility index (Phi) is 4.65. The first-order valence-electron chi connectivity index (χ1n) is 3.69. The molecule has 0 saturated carbocycles. The van der Waals surface area contributed by atoms with Crippen LogP contribution in [-0.4, -0.2) is 22.4 Å². The van der Waals surface area contributed by atoms with Gasteiger partial charge in [-0.05, 0) is 32.6 Å². The Balaban J connectivity index is 3.34. The molecule has 0 saturated heterocycles. The van der Waals surface area contributed by atoms with Crippen molar-refractivity contribution in [2.75, 3.05) is 0 Å². The topological polar surface area (TPSA) is 40.5 Å². The molecule has 0 rings (SSSR count). The molecule has 2 heteroatoms. The van der Waals surface area contributed by atoms with E-state index in [1.165, 1.54) is 0 Å². The maximum absolute atomic E-state index is 8.93. The van der Waals surface area contributed by atoms with Crippen LogP contribution in [0.2, 0.25) is 0 Å². The van der Waals surface area contributed by atoms with Crippen LogP contribution < -0.4 is 0 Å². The highest BCUT2D eigenvalue weighted by atomic mass is 16.3. The molecule has 2 unspecified atom stereocenters. The van der Waals surface area contributed by atoms with Crippen molar-refractivity contribution >= 4 is 0 Å². The lowest BCUT2D eigenvalue weighted by Crippen LogP contribution is -2.10. The molecule has 0 aliphatic carbocycles. The molecular weight excluding hydrogens is 128 g/mol. The lowest BCUT2D eigenvalue weighted by atomic mass is 9.98. The summed E-state index contributed by atoms with van der Waals surface area (Å²) in [5.74, 6) is 1.16. The summed E-state index contributed by atoms with van der Waals surface area (Å²) in [6.45, 7) is 5.47. The van der Waals surface area contributed by atoms with E-state index in [2.05, 4.69) is 0 Å². The van der Waals surface area contributed by atoms with Gasteiger partial charge in [0.2, 0.25) is 0 Å². The molecule has 61 valence electrons. The Morgan fingerprint density at radius 1 is 1.10 bits per heavy atom. The Morgan fingerprint density at radius 3 is 1.60 bits per heavy atom. The summed E-state index contributed by atoms with van der Waals surface area (Å²) in [7, 11) is 0. The van der Waals surface area contributed by atoms with E-state index >= 15 is 0 Å². The largest absolute Gasteiger partial charge is 0.393 e. The Hall–Kier alpha value is -0.0800. The van der Waals surface area contributed by atoms with E-state index in [0.29, 0.717) is 12.8 Å². The third kappa shape index (κ3) is 6.05. The summed E-state index contributed by atoms with van der Waals surface area (Å²) in [6, 6.07) is 0. The second kappa shape index (κ2) is 4.69. The lowest BCUT2D eigenvalue weighted by Gasteiger charge is -2.13. The number of aliphatic hydroxyl groups excluding tert-OH is 2. The van der Waals surface area contributed by atoms with Crippen molar-refractivity contribution in [3.63, 3.8) is 0 Å². The van der Waals surface area contributed by atoms with Crippen molar-refractivity contribution in [3.05, 3.63) is 5.92 Å². The van der Waals surface area contributed by atoms with Crippen LogP contribution in [0.15, 0.2) is 0 Å². The van der Waals surface area contributed by atoms with Crippen LogP contribution in [0.5, 0.6) is 0 Å². The summed E-state index contributed by atoms with van der Waals surface area (Å²) >= 11 is 0. The normalized spacial score (nSPS) is 17.4. The van der Waals surface area contributed by atoms with Crippen LogP contribution in [0.1, 0.15) is 33.6 Å². The summed E-state index contributed by atoms with van der Waals surface area (Å²) < 4.78 is 0. The van der Waals surface area contributed by atoms with Crippen LogP contribution in [0.4, 0.5) is 0 Å². The van der Waals surface area contributed by atoms with Gasteiger partial charge in [-0.15, -0.1) is 0 Å². The van der Waals surface area contributed by atoms with Crippen LogP contribution >= 0.6 is 0 Å². The molecule has 0 aromatic heterocycles. The van der Waals surface area contributed by atoms with Gasteiger partial charge in [-0.3, -0.25) is 0 Å². The molecule has 0 bridgehead atoms. The molecule has 2 nitrogen and oxygen atoms in total. The maximum Gasteiger partial charge on any atom is 0.0517 e. The number of rotatable bonds is 4. The zero-order valence-corrected chi connectivity index (χ0v) is 6.96. The smallest absolute Gasteiger partial charge is 0.0517 e. The van der Waals surface area contributed by atoms with Gasteiger partial charge >= 0.3 is 0 Å².